The van der Waals surface area contributed by atoms with Crippen LogP contribution in [0.25, 0.3) is 10.9 Å². The van der Waals surface area contributed by atoms with E-state index in [1.807, 2.05) is 13.0 Å². The van der Waals surface area contributed by atoms with Gasteiger partial charge in [-0.25, -0.2) is 0 Å². The minimum atomic E-state index is -0.0434. The summed E-state index contributed by atoms with van der Waals surface area (Å²) in [5, 5.41) is 1.22. The first-order chi connectivity index (χ1) is 8.05. The molecule has 1 saturated heterocycles. The van der Waals surface area contributed by atoms with E-state index in [1.165, 1.54) is 11.1 Å². The molecule has 88 valence electrons. The van der Waals surface area contributed by atoms with Gasteiger partial charge in [0.15, 0.2) is 0 Å². The Labute approximate surface area is 101 Å². The Morgan fingerprint density at radius 1 is 1.29 bits per heavy atom. The van der Waals surface area contributed by atoms with Crippen LogP contribution in [-0.4, -0.2) is 23.6 Å². The molecule has 1 aliphatic rings. The molecule has 1 aromatic heterocycles. The smallest absolute Gasteiger partial charge is 0.0726 e. The van der Waals surface area contributed by atoms with Crippen LogP contribution in [-0.2, 0) is 0 Å². The second-order valence-corrected chi connectivity index (χ2v) is 5.31. The van der Waals surface area contributed by atoms with Gasteiger partial charge in [0.25, 0.3) is 0 Å². The van der Waals surface area contributed by atoms with Gasteiger partial charge >= 0.3 is 0 Å². The number of hydrogen-bond donors (Lipinski definition) is 1. The fourth-order valence-electron chi connectivity index (χ4n) is 2.54. The third-order valence-corrected chi connectivity index (χ3v) is 3.27. The van der Waals surface area contributed by atoms with Crippen LogP contribution in [0, 0.1) is 6.92 Å². The Bertz CT molecular complexity index is 567. The Morgan fingerprint density at radius 2 is 2.00 bits per heavy atom. The van der Waals surface area contributed by atoms with Crippen molar-refractivity contribution in [3.05, 3.63) is 36.0 Å². The molecule has 0 radical (unpaired) electrons. The number of fused-ring (bicyclic) bond motifs is 1. The maximum Gasteiger partial charge on any atom is 0.0726 e. The standard InChI is InChI=1S/C14H17N3/c1-10-7-13(17-8-14(2,15)9-17)11-5-3-4-6-12(11)16-10/h3-7H,8-9,15H2,1-2H3. The van der Waals surface area contributed by atoms with Gasteiger partial charge < -0.3 is 10.6 Å². The molecule has 0 aliphatic carbocycles. The Balaban J connectivity index is 2.10. The number of hydrogen-bond acceptors (Lipinski definition) is 3. The van der Waals surface area contributed by atoms with Crippen molar-refractivity contribution in [2.24, 2.45) is 5.73 Å². The zero-order chi connectivity index (χ0) is 12.0. The highest BCUT2D eigenvalue weighted by atomic mass is 15.2. The highest BCUT2D eigenvalue weighted by Crippen LogP contribution is 2.32. The quantitative estimate of drug-likeness (QED) is 0.811. The first-order valence-corrected chi connectivity index (χ1v) is 5.95. The van der Waals surface area contributed by atoms with Gasteiger partial charge in [-0.3, -0.25) is 4.98 Å². The van der Waals surface area contributed by atoms with Gasteiger partial charge in [-0.15, -0.1) is 0 Å². The fraction of sp³-hybridized carbons (Fsp3) is 0.357. The molecule has 0 unspecified atom stereocenters. The second-order valence-electron chi connectivity index (χ2n) is 5.31. The van der Waals surface area contributed by atoms with Crippen molar-refractivity contribution in [2.45, 2.75) is 19.4 Å². The maximum absolute atomic E-state index is 6.07. The van der Waals surface area contributed by atoms with E-state index >= 15 is 0 Å². The molecule has 0 atom stereocenters. The second kappa shape index (κ2) is 3.44. The lowest BCUT2D eigenvalue weighted by molar-refractivity contribution is 0.366. The third-order valence-electron chi connectivity index (χ3n) is 3.27. The van der Waals surface area contributed by atoms with Gasteiger partial charge in [0.2, 0.25) is 0 Å². The van der Waals surface area contributed by atoms with E-state index < -0.39 is 0 Å². The van der Waals surface area contributed by atoms with Crippen molar-refractivity contribution in [1.82, 2.24) is 4.98 Å². The predicted molar refractivity (Wildman–Crippen MR) is 71.3 cm³/mol. The minimum Gasteiger partial charge on any atom is -0.367 e. The number of nitrogens with two attached hydrogens (primary N) is 1. The van der Waals surface area contributed by atoms with Gasteiger partial charge in [0.05, 0.1) is 5.52 Å². The Morgan fingerprint density at radius 3 is 2.71 bits per heavy atom. The van der Waals surface area contributed by atoms with Crippen LogP contribution in [0.1, 0.15) is 12.6 Å². The molecule has 3 nitrogen and oxygen atoms in total. The molecule has 1 fully saturated rings. The number of pyridine rings is 1. The fourth-order valence-corrected chi connectivity index (χ4v) is 2.54. The summed E-state index contributed by atoms with van der Waals surface area (Å²) >= 11 is 0. The van der Waals surface area contributed by atoms with Crippen LogP contribution in [0.4, 0.5) is 5.69 Å². The van der Waals surface area contributed by atoms with Gasteiger partial charge in [0.1, 0.15) is 0 Å². The van der Waals surface area contributed by atoms with E-state index in [0.29, 0.717) is 0 Å². The summed E-state index contributed by atoms with van der Waals surface area (Å²) in [5.74, 6) is 0. The van der Waals surface area contributed by atoms with Crippen LogP contribution in [0.5, 0.6) is 0 Å². The SMILES string of the molecule is Cc1cc(N2CC(C)(N)C2)c2ccccc2n1. The van der Waals surface area contributed by atoms with Gasteiger partial charge in [-0.05, 0) is 26.0 Å². The summed E-state index contributed by atoms with van der Waals surface area (Å²) in [7, 11) is 0. The third kappa shape index (κ3) is 1.76. The summed E-state index contributed by atoms with van der Waals surface area (Å²) in [5.41, 5.74) is 9.41. The molecule has 0 amide bonds. The van der Waals surface area contributed by atoms with E-state index in [2.05, 4.69) is 41.1 Å². The lowest BCUT2D eigenvalue weighted by Crippen LogP contribution is -2.65. The molecule has 1 aliphatic heterocycles. The predicted octanol–water partition coefficient (Wildman–Crippen LogP) is 2.08. The molecule has 3 heteroatoms. The number of aryl methyl sites for hydroxylation is 1. The summed E-state index contributed by atoms with van der Waals surface area (Å²) < 4.78 is 0. The van der Waals surface area contributed by atoms with Gasteiger partial charge in [0, 0.05) is 35.4 Å². The topological polar surface area (TPSA) is 42.1 Å². The number of aromatic nitrogens is 1. The van der Waals surface area contributed by atoms with Crippen molar-refractivity contribution in [3.8, 4) is 0 Å². The molecule has 2 N–H and O–H groups in total. The highest BCUT2D eigenvalue weighted by Gasteiger charge is 2.35. The van der Waals surface area contributed by atoms with E-state index in [4.69, 9.17) is 5.73 Å². The Kier molecular flexibility index (Phi) is 2.13. The normalized spacial score (nSPS) is 18.2. The molecule has 0 spiro atoms. The van der Waals surface area contributed by atoms with Gasteiger partial charge in [-0.2, -0.15) is 0 Å². The van der Waals surface area contributed by atoms with E-state index in [-0.39, 0.29) is 5.54 Å². The van der Waals surface area contributed by atoms with Crippen molar-refractivity contribution in [3.63, 3.8) is 0 Å². The first kappa shape index (κ1) is 10.5. The van der Waals surface area contributed by atoms with Crippen LogP contribution < -0.4 is 10.6 Å². The molecule has 2 aromatic rings. The molecule has 17 heavy (non-hydrogen) atoms. The van der Waals surface area contributed by atoms with Crippen molar-refractivity contribution in [2.75, 3.05) is 18.0 Å². The number of anilines is 1. The number of para-hydroxylation sites is 1. The molecular weight excluding hydrogens is 210 g/mol. The molecule has 1 aromatic carbocycles. The van der Waals surface area contributed by atoms with Gasteiger partial charge in [-0.1, -0.05) is 18.2 Å². The highest BCUT2D eigenvalue weighted by molar-refractivity contribution is 5.92. The van der Waals surface area contributed by atoms with Crippen LogP contribution >= 0.6 is 0 Å². The summed E-state index contributed by atoms with van der Waals surface area (Å²) in [6.07, 6.45) is 0. The summed E-state index contributed by atoms with van der Waals surface area (Å²) in [6, 6.07) is 10.4. The summed E-state index contributed by atoms with van der Waals surface area (Å²) in [6.45, 7) is 5.97. The van der Waals surface area contributed by atoms with Crippen LogP contribution in [0.15, 0.2) is 30.3 Å². The molecule has 0 saturated carbocycles. The lowest BCUT2D eigenvalue weighted by atomic mass is 9.92. The average molecular weight is 227 g/mol. The average Bonchev–Trinajstić information content (AvgIpc) is 2.24. The molecule has 2 heterocycles. The largest absolute Gasteiger partial charge is 0.367 e. The zero-order valence-corrected chi connectivity index (χ0v) is 10.3. The first-order valence-electron chi connectivity index (χ1n) is 5.95. The Hall–Kier alpha value is -1.61. The van der Waals surface area contributed by atoms with Crippen LogP contribution in [0.2, 0.25) is 0 Å². The van der Waals surface area contributed by atoms with Crippen molar-refractivity contribution >= 4 is 16.6 Å². The zero-order valence-electron chi connectivity index (χ0n) is 10.3. The number of rotatable bonds is 1. The van der Waals surface area contributed by atoms with E-state index in [9.17, 15) is 0 Å². The molecule has 0 bridgehead atoms. The molecular formula is C14H17N3. The van der Waals surface area contributed by atoms with Crippen molar-refractivity contribution < 1.29 is 0 Å². The van der Waals surface area contributed by atoms with Crippen molar-refractivity contribution in [1.29, 1.82) is 0 Å². The van der Waals surface area contributed by atoms with Crippen LogP contribution in [0.3, 0.4) is 0 Å². The summed E-state index contributed by atoms with van der Waals surface area (Å²) in [4.78, 5) is 6.89. The maximum atomic E-state index is 6.07. The van der Waals surface area contributed by atoms with E-state index in [0.717, 1.165) is 24.3 Å². The number of nitrogens with zero attached hydrogens (tertiary/aromatic N) is 2. The number of benzene rings is 1. The minimum absolute atomic E-state index is 0.0434. The molecule has 3 rings (SSSR count). The monoisotopic (exact) mass is 227 g/mol. The lowest BCUT2D eigenvalue weighted by Gasteiger charge is -2.47. The van der Waals surface area contributed by atoms with E-state index in [1.54, 1.807) is 0 Å².